The number of nitrogens with two attached hydrogens (primary N) is 1. The van der Waals surface area contributed by atoms with Crippen molar-refractivity contribution < 1.29 is 27.2 Å². The van der Waals surface area contributed by atoms with E-state index in [4.69, 9.17) is 5.73 Å². The Morgan fingerprint density at radius 2 is 2.03 bits per heavy atom. The van der Waals surface area contributed by atoms with Gasteiger partial charge in [-0.15, -0.1) is 0 Å². The molecule has 12 heteroatoms. The molecule has 7 nitrogen and oxygen atoms in total. The van der Waals surface area contributed by atoms with Gasteiger partial charge in [0.05, 0.1) is 16.3 Å². The largest absolute Gasteiger partial charge is 0.428 e. The van der Waals surface area contributed by atoms with E-state index in [0.717, 1.165) is 23.6 Å². The zero-order valence-electron chi connectivity index (χ0n) is 16.1. The second kappa shape index (κ2) is 7.82. The standard InChI is InChI=1S/C18H19F4N5O2S/c1-9-13(10-5-6-24-12(8-10)17(2,19)18(20,21)22)30-15(25-9)26-16(29)27-7-3-4-11(27)14(23)28/h5-6,8,11H,3-4,7H2,1-2H3,(H2,23,28)(H,25,26,29). The normalized spacial score (nSPS) is 18.9. The molecule has 3 rings (SSSR count). The smallest absolute Gasteiger partial charge is 0.368 e. The number of primary amides is 1. The summed E-state index contributed by atoms with van der Waals surface area (Å²) in [6.45, 7) is 2.40. The van der Waals surface area contributed by atoms with Crippen LogP contribution >= 0.6 is 11.3 Å². The van der Waals surface area contributed by atoms with Gasteiger partial charge in [0.15, 0.2) is 5.13 Å². The van der Waals surface area contributed by atoms with Crippen LogP contribution < -0.4 is 11.1 Å². The van der Waals surface area contributed by atoms with Crippen molar-refractivity contribution in [2.75, 3.05) is 11.9 Å². The van der Waals surface area contributed by atoms with Crippen molar-refractivity contribution in [1.29, 1.82) is 0 Å². The number of aryl methyl sites for hydroxylation is 1. The molecule has 2 aromatic heterocycles. The van der Waals surface area contributed by atoms with E-state index in [9.17, 15) is 27.2 Å². The van der Waals surface area contributed by atoms with Crippen LogP contribution in [0.2, 0.25) is 0 Å². The highest BCUT2D eigenvalue weighted by molar-refractivity contribution is 7.19. The number of urea groups is 1. The molecule has 0 saturated carbocycles. The van der Waals surface area contributed by atoms with Crippen LogP contribution in [0.1, 0.15) is 31.2 Å². The van der Waals surface area contributed by atoms with Gasteiger partial charge in [-0.1, -0.05) is 11.3 Å². The summed E-state index contributed by atoms with van der Waals surface area (Å²) in [5, 5.41) is 2.78. The summed E-state index contributed by atoms with van der Waals surface area (Å²) in [6, 6.07) is 1.22. The van der Waals surface area contributed by atoms with E-state index < -0.39 is 35.5 Å². The first-order valence-electron chi connectivity index (χ1n) is 8.98. The summed E-state index contributed by atoms with van der Waals surface area (Å²) in [5.41, 5.74) is 1.66. The van der Waals surface area contributed by atoms with Crippen molar-refractivity contribution in [2.24, 2.45) is 5.73 Å². The van der Waals surface area contributed by atoms with Crippen LogP contribution in [-0.4, -0.2) is 45.6 Å². The first-order valence-corrected chi connectivity index (χ1v) is 9.80. The molecule has 3 amide bonds. The lowest BCUT2D eigenvalue weighted by molar-refractivity contribution is -0.230. The number of nitrogens with one attached hydrogen (secondary N) is 1. The summed E-state index contributed by atoms with van der Waals surface area (Å²) in [7, 11) is 0. The van der Waals surface area contributed by atoms with Gasteiger partial charge in [0.1, 0.15) is 6.04 Å². The molecule has 0 radical (unpaired) electrons. The Morgan fingerprint density at radius 3 is 2.67 bits per heavy atom. The number of halogens is 4. The minimum absolute atomic E-state index is 0.194. The Morgan fingerprint density at radius 1 is 1.33 bits per heavy atom. The SMILES string of the molecule is Cc1nc(NC(=O)N2CCCC2C(N)=O)sc1-c1ccnc(C(C)(F)C(F)(F)F)c1. The van der Waals surface area contributed by atoms with Crippen molar-refractivity contribution in [1.82, 2.24) is 14.9 Å². The fraction of sp³-hybridized carbons (Fsp3) is 0.444. The molecule has 30 heavy (non-hydrogen) atoms. The Balaban J connectivity index is 1.84. The van der Waals surface area contributed by atoms with Gasteiger partial charge < -0.3 is 10.6 Å². The number of anilines is 1. The van der Waals surface area contributed by atoms with Gasteiger partial charge in [-0.3, -0.25) is 15.1 Å². The number of nitrogens with zero attached hydrogens (tertiary/aromatic N) is 3. The van der Waals surface area contributed by atoms with Gasteiger partial charge in [-0.05, 0) is 44.4 Å². The van der Waals surface area contributed by atoms with E-state index in [2.05, 4.69) is 15.3 Å². The molecule has 1 aliphatic rings. The van der Waals surface area contributed by atoms with Crippen molar-refractivity contribution in [3.63, 3.8) is 0 Å². The van der Waals surface area contributed by atoms with Crippen LogP contribution in [0.25, 0.3) is 10.4 Å². The minimum Gasteiger partial charge on any atom is -0.368 e. The Labute approximate surface area is 173 Å². The molecule has 1 aliphatic heterocycles. The lowest BCUT2D eigenvalue weighted by Gasteiger charge is -2.23. The van der Waals surface area contributed by atoms with Crippen molar-refractivity contribution in [3.05, 3.63) is 29.7 Å². The molecule has 3 N–H and O–H groups in total. The number of hydrogen-bond acceptors (Lipinski definition) is 5. The molecular formula is C18H19F4N5O2S. The summed E-state index contributed by atoms with van der Waals surface area (Å²) in [6.07, 6.45) is -2.91. The zero-order chi connectivity index (χ0) is 22.3. The van der Waals surface area contributed by atoms with Crippen LogP contribution in [0.4, 0.5) is 27.5 Å². The van der Waals surface area contributed by atoms with Crippen molar-refractivity contribution in [2.45, 2.75) is 44.6 Å². The highest BCUT2D eigenvalue weighted by Crippen LogP contribution is 2.42. The number of thiazole rings is 1. The maximum Gasteiger partial charge on any atom is 0.428 e. The molecule has 2 unspecified atom stereocenters. The highest BCUT2D eigenvalue weighted by Gasteiger charge is 2.54. The number of pyridine rings is 1. The lowest BCUT2D eigenvalue weighted by Crippen LogP contribution is -2.45. The number of rotatable bonds is 4. The van der Waals surface area contributed by atoms with E-state index >= 15 is 0 Å². The first-order chi connectivity index (χ1) is 13.9. The second-order valence-electron chi connectivity index (χ2n) is 7.05. The van der Waals surface area contributed by atoms with Gasteiger partial charge in [0.25, 0.3) is 0 Å². The number of carbonyl (C=O) groups excluding carboxylic acids is 2. The minimum atomic E-state index is -5.12. The van der Waals surface area contributed by atoms with E-state index in [0.29, 0.717) is 42.4 Å². The fourth-order valence-electron chi connectivity index (χ4n) is 3.16. The van der Waals surface area contributed by atoms with E-state index in [1.165, 1.54) is 11.0 Å². The molecule has 1 fully saturated rings. The van der Waals surface area contributed by atoms with Crippen molar-refractivity contribution in [3.8, 4) is 10.4 Å². The van der Waals surface area contributed by atoms with E-state index in [1.54, 1.807) is 6.92 Å². The van der Waals surface area contributed by atoms with Crippen LogP contribution in [0.5, 0.6) is 0 Å². The van der Waals surface area contributed by atoms with Crippen LogP contribution in [0.15, 0.2) is 18.3 Å². The molecule has 162 valence electrons. The van der Waals surface area contributed by atoms with E-state index in [1.807, 2.05) is 0 Å². The molecule has 3 heterocycles. The van der Waals surface area contributed by atoms with Gasteiger partial charge in [0, 0.05) is 12.7 Å². The molecule has 2 aromatic rings. The summed E-state index contributed by atoms with van der Waals surface area (Å²) < 4.78 is 53.3. The molecular weight excluding hydrogens is 426 g/mol. The molecule has 0 spiro atoms. The third kappa shape index (κ3) is 4.09. The number of amides is 3. The quantitative estimate of drug-likeness (QED) is 0.700. The van der Waals surface area contributed by atoms with Crippen LogP contribution in [0.3, 0.4) is 0 Å². The van der Waals surface area contributed by atoms with Gasteiger partial charge in [-0.25, -0.2) is 14.2 Å². The predicted octanol–water partition coefficient (Wildman–Crippen LogP) is 3.74. The maximum absolute atomic E-state index is 14.3. The number of alkyl halides is 4. The molecule has 2 atom stereocenters. The van der Waals surface area contributed by atoms with Crippen LogP contribution in [0, 0.1) is 6.92 Å². The number of likely N-dealkylation sites (tertiary alicyclic amines) is 1. The van der Waals surface area contributed by atoms with Gasteiger partial charge >= 0.3 is 12.2 Å². The third-order valence-electron chi connectivity index (χ3n) is 4.89. The van der Waals surface area contributed by atoms with Gasteiger partial charge in [0.2, 0.25) is 11.6 Å². The molecule has 0 aromatic carbocycles. The number of aromatic nitrogens is 2. The van der Waals surface area contributed by atoms with Crippen molar-refractivity contribution >= 4 is 28.4 Å². The third-order valence-corrected chi connectivity index (χ3v) is 6.01. The maximum atomic E-state index is 14.3. The molecule has 0 bridgehead atoms. The zero-order valence-corrected chi connectivity index (χ0v) is 16.9. The predicted molar refractivity (Wildman–Crippen MR) is 103 cm³/mol. The summed E-state index contributed by atoms with van der Waals surface area (Å²) >= 11 is 1.02. The molecule has 0 aliphatic carbocycles. The van der Waals surface area contributed by atoms with E-state index in [-0.39, 0.29) is 5.13 Å². The lowest BCUT2D eigenvalue weighted by atomic mass is 10.0. The average Bonchev–Trinajstić information content (AvgIpc) is 3.28. The molecule has 1 saturated heterocycles. The number of carbonyl (C=O) groups is 2. The first kappa shape index (κ1) is 21.9. The fourth-order valence-corrected chi connectivity index (χ4v) is 4.11. The van der Waals surface area contributed by atoms with Crippen LogP contribution in [-0.2, 0) is 10.5 Å². The average molecular weight is 445 g/mol. The number of hydrogen-bond donors (Lipinski definition) is 2. The summed E-state index contributed by atoms with van der Waals surface area (Å²) in [5.74, 6) is -0.595. The second-order valence-corrected chi connectivity index (χ2v) is 8.05. The Bertz CT molecular complexity index is 976. The monoisotopic (exact) mass is 445 g/mol. The van der Waals surface area contributed by atoms with Gasteiger partial charge in [-0.2, -0.15) is 13.2 Å². The summed E-state index contributed by atoms with van der Waals surface area (Å²) in [4.78, 5) is 33.5. The highest BCUT2D eigenvalue weighted by atomic mass is 32.1. The topological polar surface area (TPSA) is 101 Å². The Kier molecular flexibility index (Phi) is 5.72. The Hall–Kier alpha value is -2.76.